The molecule has 0 fully saturated rings. The predicted octanol–water partition coefficient (Wildman–Crippen LogP) is 2.95. The van der Waals surface area contributed by atoms with E-state index in [2.05, 4.69) is 36.4 Å². The average molecular weight is 449 g/mol. The molecule has 0 aliphatic heterocycles. The number of aliphatic imine (C=N–C) groups is 1. The molecule has 0 saturated carbocycles. The van der Waals surface area contributed by atoms with Crippen LogP contribution in [-0.2, 0) is 0 Å². The van der Waals surface area contributed by atoms with Crippen LogP contribution in [0.5, 0.6) is 5.75 Å². The molecule has 138 valence electrons. The van der Waals surface area contributed by atoms with Gasteiger partial charge in [-0.1, -0.05) is 26.0 Å². The highest BCUT2D eigenvalue weighted by atomic mass is 127. The highest BCUT2D eigenvalue weighted by molar-refractivity contribution is 14.0. The zero-order chi connectivity index (χ0) is 17.2. The number of benzene rings is 1. The van der Waals surface area contributed by atoms with Crippen molar-refractivity contribution in [1.29, 1.82) is 0 Å². The lowest BCUT2D eigenvalue weighted by atomic mass is 10.1. The Kier molecular flexibility index (Phi) is 11.8. The van der Waals surface area contributed by atoms with Gasteiger partial charge in [-0.3, -0.25) is 4.99 Å². The number of hydrogen-bond donors (Lipinski definition) is 3. The summed E-state index contributed by atoms with van der Waals surface area (Å²) in [5, 5.41) is 16.6. The number of rotatable bonds is 8. The van der Waals surface area contributed by atoms with Crippen molar-refractivity contribution >= 4 is 29.9 Å². The first-order valence-corrected chi connectivity index (χ1v) is 8.34. The number of aryl methyl sites for hydroxylation is 1. The van der Waals surface area contributed by atoms with Gasteiger partial charge in [-0.2, -0.15) is 0 Å². The molecule has 0 spiro atoms. The lowest BCUT2D eigenvalue weighted by molar-refractivity contribution is 0.114. The molecule has 24 heavy (non-hydrogen) atoms. The molecule has 0 heterocycles. The van der Waals surface area contributed by atoms with E-state index in [0.717, 1.165) is 23.8 Å². The smallest absolute Gasteiger partial charge is 0.191 e. The van der Waals surface area contributed by atoms with E-state index < -0.39 is 6.10 Å². The summed E-state index contributed by atoms with van der Waals surface area (Å²) < 4.78 is 5.60. The average Bonchev–Trinajstić information content (AvgIpc) is 2.50. The highest BCUT2D eigenvalue weighted by Gasteiger charge is 2.10. The fourth-order valence-electron chi connectivity index (χ4n) is 1.85. The fraction of sp³-hybridized carbons (Fsp3) is 0.611. The molecule has 1 rings (SSSR count). The number of nitrogens with zero attached hydrogens (tertiary/aromatic N) is 1. The topological polar surface area (TPSA) is 65.9 Å². The minimum absolute atomic E-state index is 0. The zero-order valence-electron chi connectivity index (χ0n) is 15.4. The lowest BCUT2D eigenvalue weighted by Crippen LogP contribution is -2.44. The van der Waals surface area contributed by atoms with Crippen LogP contribution in [0, 0.1) is 12.8 Å². The van der Waals surface area contributed by atoms with Crippen LogP contribution in [0.15, 0.2) is 29.3 Å². The van der Waals surface area contributed by atoms with Gasteiger partial charge in [0.05, 0.1) is 6.54 Å². The van der Waals surface area contributed by atoms with Gasteiger partial charge in [-0.05, 0) is 44.4 Å². The van der Waals surface area contributed by atoms with Crippen LogP contribution in [0.25, 0.3) is 0 Å². The van der Waals surface area contributed by atoms with Gasteiger partial charge in [0.2, 0.25) is 0 Å². The van der Waals surface area contributed by atoms with Crippen molar-refractivity contribution in [2.24, 2.45) is 10.9 Å². The van der Waals surface area contributed by atoms with Gasteiger partial charge in [-0.25, -0.2) is 0 Å². The van der Waals surface area contributed by atoms with Crippen LogP contribution >= 0.6 is 24.0 Å². The predicted molar refractivity (Wildman–Crippen MR) is 112 cm³/mol. The van der Waals surface area contributed by atoms with E-state index >= 15 is 0 Å². The normalized spacial score (nSPS) is 13.9. The summed E-state index contributed by atoms with van der Waals surface area (Å²) in [4.78, 5) is 4.43. The maximum absolute atomic E-state index is 10.1. The maximum atomic E-state index is 10.1. The van der Waals surface area contributed by atoms with Gasteiger partial charge in [0.25, 0.3) is 0 Å². The Balaban J connectivity index is 0.00000529. The van der Waals surface area contributed by atoms with Crippen LogP contribution in [0.3, 0.4) is 0 Å². The van der Waals surface area contributed by atoms with Crippen molar-refractivity contribution in [3.63, 3.8) is 0 Å². The Bertz CT molecular complexity index is 495. The van der Waals surface area contributed by atoms with Crippen LogP contribution in [0.4, 0.5) is 0 Å². The largest absolute Gasteiger partial charge is 0.491 e. The van der Waals surface area contributed by atoms with Gasteiger partial charge < -0.3 is 20.5 Å². The first-order chi connectivity index (χ1) is 10.9. The number of guanidine groups is 1. The molecule has 0 bridgehead atoms. The minimum atomic E-state index is -0.639. The van der Waals surface area contributed by atoms with Crippen LogP contribution in [0.1, 0.15) is 33.3 Å². The Morgan fingerprint density at radius 2 is 2.00 bits per heavy atom. The summed E-state index contributed by atoms with van der Waals surface area (Å²) in [6, 6.07) is 8.10. The number of aliphatic hydroxyl groups excluding tert-OH is 1. The van der Waals surface area contributed by atoms with Crippen molar-refractivity contribution in [2.45, 2.75) is 46.8 Å². The monoisotopic (exact) mass is 449 g/mol. The molecule has 1 aromatic carbocycles. The molecule has 2 atom stereocenters. The van der Waals surface area contributed by atoms with E-state index in [9.17, 15) is 5.11 Å². The van der Waals surface area contributed by atoms with E-state index in [-0.39, 0.29) is 30.6 Å². The maximum Gasteiger partial charge on any atom is 0.191 e. The summed E-state index contributed by atoms with van der Waals surface area (Å²) in [6.07, 6.45) is -0.639. The van der Waals surface area contributed by atoms with Gasteiger partial charge >= 0.3 is 0 Å². The van der Waals surface area contributed by atoms with Crippen molar-refractivity contribution in [3.05, 3.63) is 29.8 Å². The number of aliphatic hydroxyl groups is 1. The molecule has 5 nitrogen and oxygen atoms in total. The number of halogens is 1. The Hall–Kier alpha value is -1.02. The number of hydrogen-bond acceptors (Lipinski definition) is 3. The third-order valence-corrected chi connectivity index (χ3v) is 3.60. The van der Waals surface area contributed by atoms with E-state index in [1.165, 1.54) is 0 Å². The molecule has 0 radical (unpaired) electrons. The first kappa shape index (κ1) is 23.0. The molecular formula is C18H32IN3O2. The summed E-state index contributed by atoms with van der Waals surface area (Å²) in [6.45, 7) is 11.8. The molecule has 0 amide bonds. The number of ether oxygens (including phenoxy) is 1. The van der Waals surface area contributed by atoms with Crippen molar-refractivity contribution < 1.29 is 9.84 Å². The molecule has 1 aromatic rings. The van der Waals surface area contributed by atoms with E-state index in [1.54, 1.807) is 0 Å². The molecule has 6 heteroatoms. The van der Waals surface area contributed by atoms with Gasteiger partial charge in [0.1, 0.15) is 18.5 Å². The second kappa shape index (κ2) is 12.4. The first-order valence-electron chi connectivity index (χ1n) is 8.34. The quantitative estimate of drug-likeness (QED) is 0.325. The Morgan fingerprint density at radius 1 is 1.29 bits per heavy atom. The second-order valence-corrected chi connectivity index (χ2v) is 6.18. The molecular weight excluding hydrogens is 417 g/mol. The zero-order valence-corrected chi connectivity index (χ0v) is 17.7. The SMILES string of the molecule is CCNC(=NCC(O)COc1cccc(C)c1)NC(C)C(C)C.I. The summed E-state index contributed by atoms with van der Waals surface area (Å²) in [5.74, 6) is 2.00. The van der Waals surface area contributed by atoms with Crippen LogP contribution in [0.2, 0.25) is 0 Å². The highest BCUT2D eigenvalue weighted by Crippen LogP contribution is 2.12. The molecule has 3 N–H and O–H groups in total. The summed E-state index contributed by atoms with van der Waals surface area (Å²) in [5.41, 5.74) is 1.14. The van der Waals surface area contributed by atoms with Gasteiger partial charge in [0.15, 0.2) is 5.96 Å². The molecule has 0 aliphatic carbocycles. The van der Waals surface area contributed by atoms with Crippen LogP contribution in [-0.4, -0.2) is 42.9 Å². The van der Waals surface area contributed by atoms with Crippen molar-refractivity contribution in [3.8, 4) is 5.75 Å². The molecule has 0 saturated heterocycles. The van der Waals surface area contributed by atoms with E-state index in [4.69, 9.17) is 4.74 Å². The Labute approximate surface area is 163 Å². The standard InChI is InChI=1S/C18H31N3O2.HI/c1-6-19-18(21-15(5)13(2)3)20-11-16(22)12-23-17-9-7-8-14(4)10-17;/h7-10,13,15-16,22H,6,11-12H2,1-5H3,(H2,19,20,21);1H. The third-order valence-electron chi connectivity index (χ3n) is 3.60. The Morgan fingerprint density at radius 3 is 2.58 bits per heavy atom. The van der Waals surface area contributed by atoms with E-state index in [1.807, 2.05) is 38.1 Å². The third kappa shape index (κ3) is 9.32. The lowest BCUT2D eigenvalue weighted by Gasteiger charge is -2.21. The van der Waals surface area contributed by atoms with Crippen LogP contribution < -0.4 is 15.4 Å². The second-order valence-electron chi connectivity index (χ2n) is 6.18. The number of nitrogens with one attached hydrogen (secondary N) is 2. The van der Waals surface area contributed by atoms with Gasteiger partial charge in [-0.15, -0.1) is 24.0 Å². The summed E-state index contributed by atoms with van der Waals surface area (Å²) >= 11 is 0. The van der Waals surface area contributed by atoms with E-state index in [0.29, 0.717) is 18.5 Å². The molecule has 0 aromatic heterocycles. The van der Waals surface area contributed by atoms with Crippen molar-refractivity contribution in [1.82, 2.24) is 10.6 Å². The molecule has 2 unspecified atom stereocenters. The van der Waals surface area contributed by atoms with Crippen molar-refractivity contribution in [2.75, 3.05) is 19.7 Å². The summed E-state index contributed by atoms with van der Waals surface area (Å²) in [7, 11) is 0. The minimum Gasteiger partial charge on any atom is -0.491 e. The molecule has 0 aliphatic rings. The fourth-order valence-corrected chi connectivity index (χ4v) is 1.85. The van der Waals surface area contributed by atoms with Gasteiger partial charge in [0, 0.05) is 12.6 Å².